The molecule has 0 aliphatic heterocycles. The third kappa shape index (κ3) is 0.987. The number of rotatable bonds is 1. The Balaban J connectivity index is 2.77. The molecule has 0 amide bonds. The van der Waals surface area contributed by atoms with E-state index in [0.29, 0.717) is 5.65 Å². The van der Waals surface area contributed by atoms with Crippen molar-refractivity contribution in [3.63, 3.8) is 0 Å². The quantitative estimate of drug-likeness (QED) is 0.671. The molecule has 0 fully saturated rings. The molecule has 4 heteroatoms. The Morgan fingerprint density at radius 3 is 3.08 bits per heavy atom. The molecule has 0 bridgehead atoms. The summed E-state index contributed by atoms with van der Waals surface area (Å²) in [7, 11) is 0. The van der Waals surface area contributed by atoms with Crippen molar-refractivity contribution in [3.05, 3.63) is 30.6 Å². The van der Waals surface area contributed by atoms with E-state index in [1.54, 1.807) is 18.5 Å². The van der Waals surface area contributed by atoms with Crippen LogP contribution >= 0.6 is 11.8 Å². The Kier molecular flexibility index (Phi) is 1.59. The Labute approximate surface area is 74.4 Å². The number of nitrogens with zero attached hydrogens (tertiary/aromatic N) is 3. The fourth-order valence-corrected chi connectivity index (χ4v) is 1.20. The molecule has 60 valence electrons. The first kappa shape index (κ1) is 7.31. The van der Waals surface area contributed by atoms with Crippen molar-refractivity contribution in [2.45, 2.75) is 0 Å². The number of fused-ring (bicyclic) bond motifs is 1. The van der Waals surface area contributed by atoms with E-state index < -0.39 is 0 Å². The largest absolute Gasteiger partial charge is 0.235 e. The van der Waals surface area contributed by atoms with Crippen LogP contribution in [0.15, 0.2) is 25.0 Å². The highest BCUT2D eigenvalue weighted by Gasteiger charge is 2.00. The summed E-state index contributed by atoms with van der Waals surface area (Å²) in [5.74, 6) is 0. The summed E-state index contributed by atoms with van der Waals surface area (Å²) in [4.78, 5) is 4.11. The summed E-state index contributed by atoms with van der Waals surface area (Å²) in [5, 5.41) is 4.78. The van der Waals surface area contributed by atoms with Crippen molar-refractivity contribution in [1.29, 1.82) is 0 Å². The van der Waals surface area contributed by atoms with Gasteiger partial charge in [0.05, 0.1) is 6.20 Å². The number of hydrogen-bond acceptors (Lipinski definition) is 2. The summed E-state index contributed by atoms with van der Waals surface area (Å²) >= 11 is 5.69. The van der Waals surface area contributed by atoms with Crippen LogP contribution in [0.2, 0.25) is 0 Å². The predicted octanol–water partition coefficient (Wildman–Crippen LogP) is 2.08. The highest BCUT2D eigenvalue weighted by molar-refractivity contribution is 6.17. The first-order valence-electron chi connectivity index (χ1n) is 3.43. The second kappa shape index (κ2) is 2.60. The maximum absolute atomic E-state index is 5.69. The molecule has 0 radical (unpaired) electrons. The van der Waals surface area contributed by atoms with Gasteiger partial charge in [0.2, 0.25) is 0 Å². The van der Waals surface area contributed by atoms with Gasteiger partial charge >= 0.3 is 0 Å². The van der Waals surface area contributed by atoms with Gasteiger partial charge in [-0.25, -0.2) is 4.98 Å². The monoisotopic (exact) mass is 179 g/mol. The van der Waals surface area contributed by atoms with Crippen LogP contribution in [0.25, 0.3) is 17.1 Å². The number of pyridine rings is 1. The van der Waals surface area contributed by atoms with Crippen molar-refractivity contribution < 1.29 is 0 Å². The molecule has 0 aliphatic carbocycles. The summed E-state index contributed by atoms with van der Waals surface area (Å²) in [5.41, 5.74) is 1.63. The molecule has 2 heterocycles. The molecule has 0 saturated heterocycles. The minimum absolute atomic E-state index is 0.669. The van der Waals surface area contributed by atoms with E-state index in [1.807, 2.05) is 6.07 Å². The topological polar surface area (TPSA) is 30.7 Å². The Hall–Kier alpha value is -1.35. The molecule has 0 spiro atoms. The van der Waals surface area contributed by atoms with E-state index in [0.717, 1.165) is 10.9 Å². The van der Waals surface area contributed by atoms with Gasteiger partial charge in [0.25, 0.3) is 0 Å². The predicted molar refractivity (Wildman–Crippen MR) is 48.9 cm³/mol. The second-order valence-corrected chi connectivity index (χ2v) is 2.71. The highest BCUT2D eigenvalue weighted by atomic mass is 35.5. The maximum Gasteiger partial charge on any atom is 0.175 e. The molecule has 0 aliphatic rings. The van der Waals surface area contributed by atoms with Gasteiger partial charge in [-0.2, -0.15) is 9.30 Å². The molecule has 3 nitrogen and oxygen atoms in total. The summed E-state index contributed by atoms with van der Waals surface area (Å²) < 4.78 is 1.22. The van der Waals surface area contributed by atoms with Crippen LogP contribution < -0.4 is 0 Å². The van der Waals surface area contributed by atoms with E-state index in [4.69, 9.17) is 11.8 Å². The zero-order valence-electron chi connectivity index (χ0n) is 6.24. The molecule has 12 heavy (non-hydrogen) atoms. The lowest BCUT2D eigenvalue weighted by Crippen LogP contribution is -1.84. The number of aromatic nitrogens is 3. The Morgan fingerprint density at radius 2 is 2.33 bits per heavy atom. The molecule has 2 aromatic heterocycles. The minimum Gasteiger partial charge on any atom is -0.235 e. The molecular weight excluding hydrogens is 174 g/mol. The smallest absolute Gasteiger partial charge is 0.175 e. The van der Waals surface area contributed by atoms with E-state index in [1.165, 1.54) is 4.20 Å². The van der Waals surface area contributed by atoms with Gasteiger partial charge in [-0.15, -0.1) is 0 Å². The van der Waals surface area contributed by atoms with E-state index in [-0.39, 0.29) is 0 Å². The van der Waals surface area contributed by atoms with Crippen LogP contribution in [0.4, 0.5) is 0 Å². The molecule has 2 aromatic rings. The van der Waals surface area contributed by atoms with Crippen LogP contribution in [0.1, 0.15) is 5.56 Å². The van der Waals surface area contributed by atoms with Crippen LogP contribution in [0, 0.1) is 0 Å². The Morgan fingerprint density at radius 1 is 1.50 bits per heavy atom. The lowest BCUT2D eigenvalue weighted by Gasteiger charge is -1.92. The van der Waals surface area contributed by atoms with Gasteiger partial charge in [0.15, 0.2) is 5.65 Å². The molecule has 0 unspecified atom stereocenters. The van der Waals surface area contributed by atoms with E-state index in [2.05, 4.69) is 16.7 Å². The molecule has 2 rings (SSSR count). The summed E-state index contributed by atoms with van der Waals surface area (Å²) in [6.45, 7) is 3.64. The van der Waals surface area contributed by atoms with Gasteiger partial charge < -0.3 is 0 Å². The molecule has 0 atom stereocenters. The van der Waals surface area contributed by atoms with Crippen LogP contribution in [-0.4, -0.2) is 14.3 Å². The first-order valence-corrected chi connectivity index (χ1v) is 3.77. The fourth-order valence-electron chi connectivity index (χ4n) is 1.02. The van der Waals surface area contributed by atoms with Crippen LogP contribution in [-0.2, 0) is 0 Å². The van der Waals surface area contributed by atoms with E-state index >= 15 is 0 Å². The fraction of sp³-hybridized carbons (Fsp3) is 0. The second-order valence-electron chi connectivity index (χ2n) is 2.39. The average molecular weight is 180 g/mol. The zero-order chi connectivity index (χ0) is 8.55. The number of hydrogen-bond donors (Lipinski definition) is 0. The molecule has 0 aromatic carbocycles. The van der Waals surface area contributed by atoms with Gasteiger partial charge in [-0.05, 0) is 11.6 Å². The van der Waals surface area contributed by atoms with Crippen molar-refractivity contribution in [1.82, 2.24) is 14.3 Å². The molecular formula is C8H6ClN3. The highest BCUT2D eigenvalue weighted by Crippen LogP contribution is 2.13. The Bertz CT molecular complexity index is 433. The average Bonchev–Trinajstić information content (AvgIpc) is 2.47. The van der Waals surface area contributed by atoms with Gasteiger partial charge in [0.1, 0.15) is 0 Å². The number of halogens is 1. The van der Waals surface area contributed by atoms with Gasteiger partial charge in [0, 0.05) is 23.4 Å². The first-order chi connectivity index (χ1) is 5.81. The zero-order valence-corrected chi connectivity index (χ0v) is 6.99. The molecule has 0 N–H and O–H groups in total. The standard InChI is InChI=1S/C8H6ClN3/c1-2-6-3-7-5-11-12(9)8(7)10-4-6/h2-5H,1H2. The summed E-state index contributed by atoms with van der Waals surface area (Å²) in [6.07, 6.45) is 5.11. The van der Waals surface area contributed by atoms with Crippen molar-refractivity contribution in [2.75, 3.05) is 0 Å². The molecule has 0 saturated carbocycles. The van der Waals surface area contributed by atoms with E-state index in [9.17, 15) is 0 Å². The third-order valence-electron chi connectivity index (χ3n) is 1.62. The normalized spacial score (nSPS) is 10.4. The van der Waals surface area contributed by atoms with Crippen molar-refractivity contribution >= 4 is 28.9 Å². The van der Waals surface area contributed by atoms with Crippen LogP contribution in [0.3, 0.4) is 0 Å². The lowest BCUT2D eigenvalue weighted by molar-refractivity contribution is 1.01. The van der Waals surface area contributed by atoms with Crippen molar-refractivity contribution in [3.8, 4) is 0 Å². The minimum atomic E-state index is 0.669. The van der Waals surface area contributed by atoms with Crippen molar-refractivity contribution in [2.24, 2.45) is 0 Å². The SMILES string of the molecule is C=Cc1cnc2c(cnn2Cl)c1. The van der Waals surface area contributed by atoms with Crippen LogP contribution in [0.5, 0.6) is 0 Å². The van der Waals surface area contributed by atoms with Gasteiger partial charge in [-0.1, -0.05) is 12.7 Å². The summed E-state index contributed by atoms with van der Waals surface area (Å²) in [6, 6.07) is 1.93. The lowest BCUT2D eigenvalue weighted by atomic mass is 10.2. The maximum atomic E-state index is 5.69. The third-order valence-corrected chi connectivity index (χ3v) is 1.87. The van der Waals surface area contributed by atoms with Gasteiger partial charge in [-0.3, -0.25) is 0 Å².